The van der Waals surface area contributed by atoms with Crippen molar-refractivity contribution < 1.29 is 18.7 Å². The topological polar surface area (TPSA) is 42.0 Å². The Kier molecular flexibility index (Phi) is 7.20. The Bertz CT molecular complexity index is 1100. The van der Waals surface area contributed by atoms with Crippen molar-refractivity contribution in [2.75, 3.05) is 14.2 Å². The van der Waals surface area contributed by atoms with Gasteiger partial charge in [0.15, 0.2) is 16.6 Å². The molecule has 2 aliphatic rings. The number of likely N-dealkylation sites (N-methyl/N-ethyl adjacent to an activating group) is 1. The number of nitrogens with zero attached hydrogens (tertiary/aromatic N) is 2. The Morgan fingerprint density at radius 1 is 1.21 bits per heavy atom. The van der Waals surface area contributed by atoms with E-state index < -0.39 is 0 Å². The second-order valence-corrected chi connectivity index (χ2v) is 9.06. The first-order valence-electron chi connectivity index (χ1n) is 11.0. The van der Waals surface area contributed by atoms with E-state index in [1.807, 2.05) is 7.05 Å². The molecule has 0 spiro atoms. The van der Waals surface area contributed by atoms with Gasteiger partial charge in [-0.05, 0) is 66.5 Å². The van der Waals surface area contributed by atoms with Crippen LogP contribution in [0.5, 0.6) is 11.5 Å². The van der Waals surface area contributed by atoms with Crippen molar-refractivity contribution in [2.45, 2.75) is 44.8 Å². The quantitative estimate of drug-likeness (QED) is 0.380. The summed E-state index contributed by atoms with van der Waals surface area (Å²) in [6, 6.07) is 9.80. The van der Waals surface area contributed by atoms with E-state index in [1.54, 1.807) is 40.1 Å². The van der Waals surface area contributed by atoms with Gasteiger partial charge in [-0.3, -0.25) is 9.69 Å². The van der Waals surface area contributed by atoms with Gasteiger partial charge < -0.3 is 14.4 Å². The molecule has 8 heteroatoms. The van der Waals surface area contributed by atoms with Crippen LogP contribution in [-0.4, -0.2) is 41.0 Å². The number of halogens is 2. The lowest BCUT2D eigenvalue weighted by molar-refractivity contribution is -0.124. The van der Waals surface area contributed by atoms with Crippen LogP contribution in [-0.2, 0) is 11.4 Å². The molecule has 1 aliphatic heterocycles. The highest BCUT2D eigenvalue weighted by atomic mass is 35.5. The van der Waals surface area contributed by atoms with E-state index >= 15 is 0 Å². The van der Waals surface area contributed by atoms with Crippen molar-refractivity contribution in [1.29, 1.82) is 0 Å². The minimum Gasteiger partial charge on any atom is -0.493 e. The number of thiocarbonyl (C=S) groups is 1. The molecule has 1 amide bonds. The second-order valence-electron chi connectivity index (χ2n) is 8.29. The van der Waals surface area contributed by atoms with Crippen molar-refractivity contribution in [3.63, 3.8) is 0 Å². The number of hydrogen-bond acceptors (Lipinski definition) is 4. The summed E-state index contributed by atoms with van der Waals surface area (Å²) in [5.74, 6) is 0.360. The first-order valence-corrected chi connectivity index (χ1v) is 11.8. The third-order valence-electron chi connectivity index (χ3n) is 6.06. The summed E-state index contributed by atoms with van der Waals surface area (Å²) in [6.07, 6.45) is 7.15. The van der Waals surface area contributed by atoms with E-state index in [-0.39, 0.29) is 24.4 Å². The molecule has 0 radical (unpaired) electrons. The fraction of sp³-hybridized carbons (Fsp3) is 0.360. The summed E-state index contributed by atoms with van der Waals surface area (Å²) in [6.45, 7) is 0.139. The van der Waals surface area contributed by atoms with Gasteiger partial charge in [-0.25, -0.2) is 4.39 Å². The average molecular weight is 489 g/mol. The number of carbonyl (C=O) groups is 1. The fourth-order valence-corrected chi connectivity index (χ4v) is 4.95. The highest BCUT2D eigenvalue weighted by Crippen LogP contribution is 2.38. The van der Waals surface area contributed by atoms with Gasteiger partial charge >= 0.3 is 0 Å². The highest BCUT2D eigenvalue weighted by Gasteiger charge is 2.40. The Labute approximate surface area is 203 Å². The van der Waals surface area contributed by atoms with Crippen molar-refractivity contribution >= 4 is 40.9 Å². The molecular weight excluding hydrogens is 463 g/mol. The van der Waals surface area contributed by atoms with Crippen molar-refractivity contribution in [1.82, 2.24) is 9.80 Å². The highest BCUT2D eigenvalue weighted by molar-refractivity contribution is 7.80. The van der Waals surface area contributed by atoms with E-state index in [0.29, 0.717) is 38.5 Å². The Morgan fingerprint density at radius 2 is 1.97 bits per heavy atom. The summed E-state index contributed by atoms with van der Waals surface area (Å²) >= 11 is 12.1. The van der Waals surface area contributed by atoms with Gasteiger partial charge in [-0.15, -0.1) is 0 Å². The Hall–Kier alpha value is -2.64. The average Bonchev–Trinajstić information content (AvgIpc) is 3.01. The number of carbonyl (C=O) groups excluding carboxylic acids is 1. The SMILES string of the molecule is COc1cc(/C=C2/C(=O)N(C3CCCCC3)C(=S)N2C)cc(Cl)c1OCc1cccc(F)c1. The van der Waals surface area contributed by atoms with E-state index in [9.17, 15) is 9.18 Å². The van der Waals surface area contributed by atoms with E-state index in [0.717, 1.165) is 25.7 Å². The molecular formula is C25H26ClFN2O3S. The fourth-order valence-electron chi connectivity index (χ4n) is 4.34. The molecule has 5 nitrogen and oxygen atoms in total. The zero-order valence-electron chi connectivity index (χ0n) is 18.6. The van der Waals surface area contributed by atoms with Crippen LogP contribution in [0.15, 0.2) is 42.1 Å². The molecule has 33 heavy (non-hydrogen) atoms. The number of benzene rings is 2. The van der Waals surface area contributed by atoms with Crippen LogP contribution in [0.25, 0.3) is 6.08 Å². The summed E-state index contributed by atoms with van der Waals surface area (Å²) in [4.78, 5) is 16.7. The molecule has 0 N–H and O–H groups in total. The van der Waals surface area contributed by atoms with Gasteiger partial charge in [0.1, 0.15) is 18.1 Å². The van der Waals surface area contributed by atoms with Crippen LogP contribution in [0.1, 0.15) is 43.2 Å². The van der Waals surface area contributed by atoms with Gasteiger partial charge in [0.05, 0.1) is 12.1 Å². The molecule has 4 rings (SSSR count). The van der Waals surface area contributed by atoms with Crippen LogP contribution in [0, 0.1) is 5.82 Å². The zero-order chi connectivity index (χ0) is 23.5. The molecule has 0 atom stereocenters. The summed E-state index contributed by atoms with van der Waals surface area (Å²) in [5, 5.41) is 0.865. The standard InChI is InChI=1S/C25H26ClFN2O3S/c1-28-21(24(30)29(25(28)33)19-9-4-3-5-10-19)13-17-12-20(26)23(22(14-17)31-2)32-15-16-7-6-8-18(27)11-16/h6-8,11-14,19H,3-5,9-10,15H2,1-2H3/b21-13-. The monoisotopic (exact) mass is 488 g/mol. The molecule has 1 aliphatic carbocycles. The molecule has 1 saturated heterocycles. The minimum absolute atomic E-state index is 0.0871. The van der Waals surface area contributed by atoms with E-state index in [2.05, 4.69) is 0 Å². The summed E-state index contributed by atoms with van der Waals surface area (Å²) in [7, 11) is 3.33. The molecule has 1 saturated carbocycles. The minimum atomic E-state index is -0.332. The van der Waals surface area contributed by atoms with Gasteiger partial charge in [0.25, 0.3) is 5.91 Å². The molecule has 0 aromatic heterocycles. The van der Waals surface area contributed by atoms with Crippen LogP contribution in [0.4, 0.5) is 4.39 Å². The van der Waals surface area contributed by atoms with Crippen molar-refractivity contribution in [3.8, 4) is 11.5 Å². The normalized spacial score (nSPS) is 18.4. The van der Waals surface area contributed by atoms with Crippen LogP contribution in [0.2, 0.25) is 5.02 Å². The number of amides is 1. The van der Waals surface area contributed by atoms with Crippen molar-refractivity contribution in [2.24, 2.45) is 0 Å². The van der Waals surface area contributed by atoms with E-state index in [4.69, 9.17) is 33.3 Å². The molecule has 0 unspecified atom stereocenters. The van der Waals surface area contributed by atoms with Gasteiger partial charge in [0.2, 0.25) is 0 Å². The lowest BCUT2D eigenvalue weighted by Gasteiger charge is -2.30. The predicted octanol–water partition coefficient (Wildman–Crippen LogP) is 5.80. The number of methoxy groups -OCH3 is 1. The first-order chi connectivity index (χ1) is 15.9. The zero-order valence-corrected chi connectivity index (χ0v) is 20.2. The maximum Gasteiger partial charge on any atom is 0.277 e. The molecule has 174 valence electrons. The second kappa shape index (κ2) is 10.1. The lowest BCUT2D eigenvalue weighted by Crippen LogP contribution is -2.41. The van der Waals surface area contributed by atoms with Gasteiger partial charge in [0, 0.05) is 13.1 Å². The summed E-state index contributed by atoms with van der Waals surface area (Å²) in [5.41, 5.74) is 1.87. The number of rotatable bonds is 6. The first kappa shape index (κ1) is 23.5. The lowest BCUT2D eigenvalue weighted by atomic mass is 9.94. The number of hydrogen-bond donors (Lipinski definition) is 0. The third kappa shape index (κ3) is 4.99. The molecule has 2 aromatic rings. The van der Waals surface area contributed by atoms with E-state index in [1.165, 1.54) is 25.7 Å². The van der Waals surface area contributed by atoms with Crippen molar-refractivity contribution in [3.05, 3.63) is 64.1 Å². The van der Waals surface area contributed by atoms with Crippen LogP contribution in [0.3, 0.4) is 0 Å². The molecule has 1 heterocycles. The van der Waals surface area contributed by atoms with Gasteiger partial charge in [-0.1, -0.05) is 43.0 Å². The summed E-state index contributed by atoms with van der Waals surface area (Å²) < 4.78 is 24.8. The largest absolute Gasteiger partial charge is 0.493 e. The predicted molar refractivity (Wildman–Crippen MR) is 131 cm³/mol. The maximum absolute atomic E-state index is 13.4. The molecule has 0 bridgehead atoms. The number of ether oxygens (including phenoxy) is 2. The molecule has 2 fully saturated rings. The van der Waals surface area contributed by atoms with Crippen LogP contribution < -0.4 is 9.47 Å². The maximum atomic E-state index is 13.4. The third-order valence-corrected chi connectivity index (χ3v) is 6.81. The Morgan fingerprint density at radius 3 is 2.67 bits per heavy atom. The Balaban J connectivity index is 1.58. The smallest absolute Gasteiger partial charge is 0.277 e. The van der Waals surface area contributed by atoms with Gasteiger partial charge in [-0.2, -0.15) is 0 Å². The van der Waals surface area contributed by atoms with Crippen LogP contribution >= 0.6 is 23.8 Å². The molecule has 2 aromatic carbocycles.